The number of fused-ring (bicyclic) bond motifs is 1. The van der Waals surface area contributed by atoms with E-state index in [1.807, 2.05) is 0 Å². The molecule has 144 valence electrons. The first-order chi connectivity index (χ1) is 12.5. The minimum Gasteiger partial charge on any atom is -0.444 e. The molecule has 0 aliphatic carbocycles. The van der Waals surface area contributed by atoms with Crippen LogP contribution in [0.15, 0.2) is 12.1 Å². The molecule has 0 radical (unpaired) electrons. The predicted molar refractivity (Wildman–Crippen MR) is 93.7 cm³/mol. The molecule has 27 heavy (non-hydrogen) atoms. The van der Waals surface area contributed by atoms with Gasteiger partial charge >= 0.3 is 6.09 Å². The zero-order chi connectivity index (χ0) is 20.1. The van der Waals surface area contributed by atoms with E-state index in [2.05, 4.69) is 0 Å². The van der Waals surface area contributed by atoms with E-state index in [9.17, 15) is 24.5 Å². The van der Waals surface area contributed by atoms with Crippen molar-refractivity contribution in [2.45, 2.75) is 32.9 Å². The van der Waals surface area contributed by atoms with Crippen molar-refractivity contribution in [1.29, 1.82) is 0 Å². The molecule has 1 aromatic carbocycles. The number of nitro groups is 1. The highest BCUT2D eigenvalue weighted by molar-refractivity contribution is 6.09. The summed E-state index contributed by atoms with van der Waals surface area (Å²) >= 11 is 0. The van der Waals surface area contributed by atoms with Crippen molar-refractivity contribution in [3.8, 4) is 0 Å². The van der Waals surface area contributed by atoms with Gasteiger partial charge in [0.2, 0.25) is 5.91 Å². The highest BCUT2D eigenvalue weighted by Crippen LogP contribution is 2.33. The Morgan fingerprint density at radius 1 is 1.30 bits per heavy atom. The van der Waals surface area contributed by atoms with Gasteiger partial charge in [-0.3, -0.25) is 24.6 Å². The molecule has 0 spiro atoms. The Bertz CT molecular complexity index is 854. The minimum absolute atomic E-state index is 0.0446. The number of ether oxygens (including phenoxy) is 1. The van der Waals surface area contributed by atoms with Gasteiger partial charge in [-0.1, -0.05) is 0 Å². The SMILES string of the molecule is CC(C)(C)OC(=O)N1CC(C(=O)N2Cc3cc([N+](=O)[O-])c(N)cc3C2=O)C1. The summed E-state index contributed by atoms with van der Waals surface area (Å²) in [6.45, 7) is 5.53. The van der Waals surface area contributed by atoms with Crippen LogP contribution in [0.4, 0.5) is 16.2 Å². The van der Waals surface area contributed by atoms with Crippen molar-refractivity contribution in [3.63, 3.8) is 0 Å². The van der Waals surface area contributed by atoms with Crippen molar-refractivity contribution in [2.24, 2.45) is 5.92 Å². The first-order valence-corrected chi connectivity index (χ1v) is 8.38. The summed E-state index contributed by atoms with van der Waals surface area (Å²) in [4.78, 5) is 49.9. The maximum atomic E-state index is 12.6. The molecule has 0 aromatic heterocycles. The number of benzene rings is 1. The lowest BCUT2D eigenvalue weighted by Crippen LogP contribution is -2.57. The summed E-state index contributed by atoms with van der Waals surface area (Å²) in [6.07, 6.45) is -0.508. The summed E-state index contributed by atoms with van der Waals surface area (Å²) < 4.78 is 5.23. The second kappa shape index (κ2) is 6.22. The number of rotatable bonds is 2. The minimum atomic E-state index is -0.632. The van der Waals surface area contributed by atoms with E-state index in [0.29, 0.717) is 5.56 Å². The number of hydrogen-bond donors (Lipinski definition) is 1. The molecule has 2 aliphatic heterocycles. The highest BCUT2D eigenvalue weighted by Gasteiger charge is 2.43. The lowest BCUT2D eigenvalue weighted by atomic mass is 9.99. The van der Waals surface area contributed by atoms with Crippen molar-refractivity contribution in [1.82, 2.24) is 9.80 Å². The van der Waals surface area contributed by atoms with Crippen molar-refractivity contribution >= 4 is 29.3 Å². The van der Waals surface area contributed by atoms with Gasteiger partial charge in [0, 0.05) is 24.7 Å². The average molecular weight is 376 g/mol. The van der Waals surface area contributed by atoms with Gasteiger partial charge in [-0.2, -0.15) is 0 Å². The molecule has 1 saturated heterocycles. The van der Waals surface area contributed by atoms with Crippen LogP contribution in [0.25, 0.3) is 0 Å². The van der Waals surface area contributed by atoms with Crippen LogP contribution in [0.5, 0.6) is 0 Å². The normalized spacial score (nSPS) is 16.8. The molecular formula is C17H20N4O6. The van der Waals surface area contributed by atoms with E-state index in [0.717, 1.165) is 4.90 Å². The van der Waals surface area contributed by atoms with Crippen LogP contribution >= 0.6 is 0 Å². The van der Waals surface area contributed by atoms with Crippen LogP contribution in [-0.2, 0) is 16.1 Å². The number of likely N-dealkylation sites (tertiary alicyclic amines) is 1. The molecule has 0 bridgehead atoms. The third-order valence-electron chi connectivity index (χ3n) is 4.40. The smallest absolute Gasteiger partial charge is 0.410 e. The van der Waals surface area contributed by atoms with Gasteiger partial charge in [-0.05, 0) is 32.4 Å². The molecule has 3 amide bonds. The zero-order valence-electron chi connectivity index (χ0n) is 15.2. The molecule has 0 unspecified atom stereocenters. The zero-order valence-corrected chi connectivity index (χ0v) is 15.2. The lowest BCUT2D eigenvalue weighted by Gasteiger charge is -2.39. The van der Waals surface area contributed by atoms with Crippen LogP contribution in [-0.4, -0.2) is 51.3 Å². The highest BCUT2D eigenvalue weighted by atomic mass is 16.6. The van der Waals surface area contributed by atoms with Gasteiger partial charge < -0.3 is 15.4 Å². The van der Waals surface area contributed by atoms with Crippen LogP contribution in [0.3, 0.4) is 0 Å². The molecule has 1 fully saturated rings. The standard InChI is InChI=1S/C17H20N4O6/c1-17(2,3)27-16(24)19-6-10(7-19)14(22)20-8-9-4-13(21(25)26)12(18)5-11(9)15(20)23/h4-5,10H,6-8,18H2,1-3H3. The maximum absolute atomic E-state index is 12.6. The van der Waals surface area contributed by atoms with Gasteiger partial charge in [-0.25, -0.2) is 4.79 Å². The van der Waals surface area contributed by atoms with E-state index in [-0.39, 0.29) is 36.6 Å². The fraction of sp³-hybridized carbons (Fsp3) is 0.471. The quantitative estimate of drug-likeness (QED) is 0.358. The van der Waals surface area contributed by atoms with Gasteiger partial charge in [-0.15, -0.1) is 0 Å². The number of anilines is 1. The average Bonchev–Trinajstić information content (AvgIpc) is 2.79. The molecule has 2 aliphatic rings. The van der Waals surface area contributed by atoms with Crippen LogP contribution in [0.1, 0.15) is 36.7 Å². The fourth-order valence-electron chi connectivity index (χ4n) is 3.03. The molecular weight excluding hydrogens is 356 g/mol. The van der Waals surface area contributed by atoms with Gasteiger partial charge in [0.05, 0.1) is 17.4 Å². The van der Waals surface area contributed by atoms with E-state index < -0.39 is 34.3 Å². The number of imide groups is 1. The Morgan fingerprint density at radius 3 is 2.48 bits per heavy atom. The molecule has 3 rings (SSSR count). The first-order valence-electron chi connectivity index (χ1n) is 8.38. The van der Waals surface area contributed by atoms with E-state index >= 15 is 0 Å². The molecule has 2 N–H and O–H groups in total. The van der Waals surface area contributed by atoms with Gasteiger partial charge in [0.1, 0.15) is 11.3 Å². The van der Waals surface area contributed by atoms with E-state index in [1.165, 1.54) is 17.0 Å². The molecule has 0 saturated carbocycles. The second-order valence-electron chi connectivity index (χ2n) is 7.64. The lowest BCUT2D eigenvalue weighted by molar-refractivity contribution is -0.384. The number of hydrogen-bond acceptors (Lipinski definition) is 7. The number of nitrogen functional groups attached to an aromatic ring is 1. The van der Waals surface area contributed by atoms with Crippen LogP contribution in [0.2, 0.25) is 0 Å². The summed E-state index contributed by atoms with van der Waals surface area (Å²) in [6, 6.07) is 2.46. The number of carbonyl (C=O) groups is 3. The molecule has 10 heteroatoms. The largest absolute Gasteiger partial charge is 0.444 e. The van der Waals surface area contributed by atoms with E-state index in [1.54, 1.807) is 20.8 Å². The Hall–Kier alpha value is -3.17. The summed E-state index contributed by atoms with van der Waals surface area (Å²) in [5.74, 6) is -1.47. The van der Waals surface area contributed by atoms with Crippen molar-refractivity contribution in [2.75, 3.05) is 18.8 Å². The molecule has 1 aromatic rings. The number of carbonyl (C=O) groups excluding carboxylic acids is 3. The fourth-order valence-corrected chi connectivity index (χ4v) is 3.03. The Labute approximate surface area is 155 Å². The number of nitrogens with zero attached hydrogens (tertiary/aromatic N) is 3. The second-order valence-corrected chi connectivity index (χ2v) is 7.64. The monoisotopic (exact) mass is 376 g/mol. The van der Waals surface area contributed by atoms with Gasteiger partial charge in [0.15, 0.2) is 0 Å². The predicted octanol–water partition coefficient (Wildman–Crippen LogP) is 1.53. The van der Waals surface area contributed by atoms with Crippen molar-refractivity contribution in [3.05, 3.63) is 33.4 Å². The van der Waals surface area contributed by atoms with Crippen LogP contribution < -0.4 is 5.73 Å². The Balaban J connectivity index is 1.67. The summed E-state index contributed by atoms with van der Waals surface area (Å²) in [5.41, 5.74) is 5.15. The molecule has 0 atom stereocenters. The van der Waals surface area contributed by atoms with Gasteiger partial charge in [0.25, 0.3) is 11.6 Å². The summed E-state index contributed by atoms with van der Waals surface area (Å²) in [5, 5.41) is 11.0. The Morgan fingerprint density at radius 2 is 1.93 bits per heavy atom. The third-order valence-corrected chi connectivity index (χ3v) is 4.40. The summed E-state index contributed by atoms with van der Waals surface area (Å²) in [7, 11) is 0. The van der Waals surface area contributed by atoms with Crippen molar-refractivity contribution < 1.29 is 24.0 Å². The molecule has 10 nitrogen and oxygen atoms in total. The Kier molecular flexibility index (Phi) is 4.29. The number of amides is 3. The number of nitro benzene ring substituents is 1. The van der Waals surface area contributed by atoms with E-state index in [4.69, 9.17) is 10.5 Å². The maximum Gasteiger partial charge on any atom is 0.410 e. The first kappa shape index (κ1) is 18.6. The molecule has 2 heterocycles. The third kappa shape index (κ3) is 3.42. The topological polar surface area (TPSA) is 136 Å². The number of nitrogens with two attached hydrogens (primary N) is 1. The van der Waals surface area contributed by atoms with Crippen LogP contribution in [0, 0.1) is 16.0 Å².